The van der Waals surface area contributed by atoms with E-state index in [-0.39, 0.29) is 5.78 Å². The second-order valence-corrected chi connectivity index (χ2v) is 7.81. The van der Waals surface area contributed by atoms with Gasteiger partial charge in [0.05, 0.1) is 13.1 Å². The summed E-state index contributed by atoms with van der Waals surface area (Å²) >= 11 is 0. The number of rotatable bonds is 4. The number of hydrogen-bond acceptors (Lipinski definition) is 1. The first-order valence-electron chi connectivity index (χ1n) is 10.2. The van der Waals surface area contributed by atoms with Crippen LogP contribution in [0.5, 0.6) is 0 Å². The van der Waals surface area contributed by atoms with Gasteiger partial charge in [0.15, 0.2) is 5.78 Å². The Kier molecular flexibility index (Phi) is 5.35. The standard InChI is InChI=1S/C25H27NO/c1-19-10-12-20(13-11-19)25(27)15-14-23-22-9-5-4-8-21(22)18-24(23)26-16-6-2-3-7-17-26/h4-5,8-15H,2-3,6-7,16-18H2,1H3/p+1/b15-14+. The van der Waals surface area contributed by atoms with E-state index in [4.69, 9.17) is 0 Å². The van der Waals surface area contributed by atoms with Gasteiger partial charge in [0.25, 0.3) is 0 Å². The van der Waals surface area contributed by atoms with Crippen LogP contribution in [0.3, 0.4) is 0 Å². The van der Waals surface area contributed by atoms with Crippen molar-refractivity contribution in [2.24, 2.45) is 0 Å². The van der Waals surface area contributed by atoms with Gasteiger partial charge in [-0.05, 0) is 55.9 Å². The highest BCUT2D eigenvalue weighted by molar-refractivity contribution is 6.06. The number of nitrogens with one attached hydrogen (secondary N) is 1. The summed E-state index contributed by atoms with van der Waals surface area (Å²) in [7, 11) is 0. The van der Waals surface area contributed by atoms with Crippen LogP contribution in [-0.2, 0) is 6.42 Å². The topological polar surface area (TPSA) is 21.5 Å². The summed E-state index contributed by atoms with van der Waals surface area (Å²) in [4.78, 5) is 14.3. The smallest absolute Gasteiger partial charge is 0.185 e. The molecule has 0 saturated carbocycles. The first-order valence-corrected chi connectivity index (χ1v) is 10.2. The zero-order valence-electron chi connectivity index (χ0n) is 16.1. The fourth-order valence-corrected chi connectivity index (χ4v) is 4.32. The molecule has 138 valence electrons. The Morgan fingerprint density at radius 1 is 0.926 bits per heavy atom. The van der Waals surface area contributed by atoms with E-state index >= 15 is 0 Å². The highest BCUT2D eigenvalue weighted by Crippen LogP contribution is 2.31. The number of likely N-dealkylation sites (tertiary alicyclic amines) is 1. The molecule has 2 aliphatic rings. The van der Waals surface area contributed by atoms with Crippen molar-refractivity contribution in [1.29, 1.82) is 0 Å². The molecule has 1 N–H and O–H groups in total. The highest BCUT2D eigenvalue weighted by atomic mass is 16.1. The molecule has 27 heavy (non-hydrogen) atoms. The van der Waals surface area contributed by atoms with Crippen LogP contribution in [0.1, 0.15) is 52.7 Å². The van der Waals surface area contributed by atoms with Gasteiger partial charge in [-0.2, -0.15) is 0 Å². The Labute approximate surface area is 162 Å². The summed E-state index contributed by atoms with van der Waals surface area (Å²) in [5, 5.41) is 0. The molecule has 1 fully saturated rings. The number of quaternary nitrogens is 1. The first-order chi connectivity index (χ1) is 13.2. The lowest BCUT2D eigenvalue weighted by Crippen LogP contribution is -3.10. The van der Waals surface area contributed by atoms with E-state index in [2.05, 4.69) is 30.3 Å². The molecule has 0 amide bonds. The molecule has 1 saturated heterocycles. The Morgan fingerprint density at radius 2 is 1.63 bits per heavy atom. The molecule has 0 atom stereocenters. The average Bonchev–Trinajstić information content (AvgIpc) is 2.86. The minimum atomic E-state index is 0.0806. The molecular weight excluding hydrogens is 330 g/mol. The largest absolute Gasteiger partial charge is 0.305 e. The second kappa shape index (κ2) is 8.06. The number of aryl methyl sites for hydroxylation is 1. The van der Waals surface area contributed by atoms with Crippen molar-refractivity contribution >= 4 is 11.4 Å². The number of ketones is 1. The Balaban J connectivity index is 1.65. The van der Waals surface area contributed by atoms with Crippen LogP contribution >= 0.6 is 0 Å². The Morgan fingerprint density at radius 3 is 2.37 bits per heavy atom. The summed E-state index contributed by atoms with van der Waals surface area (Å²) in [5.41, 5.74) is 7.38. The molecule has 0 radical (unpaired) electrons. The predicted octanol–water partition coefficient (Wildman–Crippen LogP) is 4.16. The molecule has 0 aromatic heterocycles. The summed E-state index contributed by atoms with van der Waals surface area (Å²) in [5.74, 6) is 0.0806. The zero-order valence-corrected chi connectivity index (χ0v) is 16.1. The van der Waals surface area contributed by atoms with Gasteiger partial charge >= 0.3 is 0 Å². The lowest BCUT2D eigenvalue weighted by Gasteiger charge is -2.18. The van der Waals surface area contributed by atoms with E-state index < -0.39 is 0 Å². The molecule has 4 rings (SSSR count). The van der Waals surface area contributed by atoms with E-state index in [0.717, 1.165) is 12.0 Å². The van der Waals surface area contributed by atoms with Crippen LogP contribution in [0.4, 0.5) is 0 Å². The van der Waals surface area contributed by atoms with Gasteiger partial charge in [0, 0.05) is 17.6 Å². The fourth-order valence-electron chi connectivity index (χ4n) is 4.32. The van der Waals surface area contributed by atoms with Crippen molar-refractivity contribution in [3.8, 4) is 0 Å². The van der Waals surface area contributed by atoms with E-state index in [9.17, 15) is 4.79 Å². The fraction of sp³-hybridized carbons (Fsp3) is 0.320. The first kappa shape index (κ1) is 17.9. The maximum atomic E-state index is 12.6. The molecule has 0 bridgehead atoms. The number of carbonyl (C=O) groups is 1. The van der Waals surface area contributed by atoms with Crippen molar-refractivity contribution in [3.63, 3.8) is 0 Å². The molecule has 1 heterocycles. The summed E-state index contributed by atoms with van der Waals surface area (Å²) < 4.78 is 0. The summed E-state index contributed by atoms with van der Waals surface area (Å²) in [6.45, 7) is 4.47. The number of carbonyl (C=O) groups excluding carboxylic acids is 1. The molecule has 2 aromatic rings. The lowest BCUT2D eigenvalue weighted by molar-refractivity contribution is -0.860. The van der Waals surface area contributed by atoms with E-state index in [1.54, 1.807) is 11.0 Å². The van der Waals surface area contributed by atoms with Crippen molar-refractivity contribution in [2.45, 2.75) is 39.0 Å². The van der Waals surface area contributed by atoms with Gasteiger partial charge in [-0.15, -0.1) is 0 Å². The van der Waals surface area contributed by atoms with Crippen molar-refractivity contribution < 1.29 is 9.69 Å². The molecule has 2 nitrogen and oxygen atoms in total. The van der Waals surface area contributed by atoms with E-state index in [0.29, 0.717) is 0 Å². The van der Waals surface area contributed by atoms with Crippen molar-refractivity contribution in [2.75, 3.05) is 13.1 Å². The van der Waals surface area contributed by atoms with Crippen LogP contribution in [0, 0.1) is 6.92 Å². The van der Waals surface area contributed by atoms with Gasteiger partial charge in [-0.3, -0.25) is 4.79 Å². The maximum absolute atomic E-state index is 12.6. The molecule has 0 unspecified atom stereocenters. The number of allylic oxidation sites excluding steroid dienone is 4. The van der Waals surface area contributed by atoms with Gasteiger partial charge < -0.3 is 4.90 Å². The molecule has 1 aliphatic heterocycles. The number of fused-ring (bicyclic) bond motifs is 1. The molecule has 0 spiro atoms. The van der Waals surface area contributed by atoms with Crippen LogP contribution in [-0.4, -0.2) is 18.9 Å². The third-order valence-electron chi connectivity index (χ3n) is 5.87. The normalized spacial score (nSPS) is 18.0. The predicted molar refractivity (Wildman–Crippen MR) is 111 cm³/mol. The quantitative estimate of drug-likeness (QED) is 0.643. The second-order valence-electron chi connectivity index (χ2n) is 7.81. The van der Waals surface area contributed by atoms with Gasteiger partial charge in [-0.1, -0.05) is 54.1 Å². The number of hydrogen-bond donors (Lipinski definition) is 1. The van der Waals surface area contributed by atoms with Crippen LogP contribution < -0.4 is 4.90 Å². The monoisotopic (exact) mass is 358 g/mol. The molecule has 2 heteroatoms. The van der Waals surface area contributed by atoms with Crippen LogP contribution in [0.25, 0.3) is 5.57 Å². The van der Waals surface area contributed by atoms with E-state index in [1.165, 1.54) is 66.7 Å². The Hall–Kier alpha value is -2.45. The zero-order chi connectivity index (χ0) is 18.6. The van der Waals surface area contributed by atoms with Crippen molar-refractivity contribution in [3.05, 3.63) is 88.6 Å². The minimum Gasteiger partial charge on any atom is -0.305 e. The third-order valence-corrected chi connectivity index (χ3v) is 5.87. The Bertz CT molecular complexity index is 881. The maximum Gasteiger partial charge on any atom is 0.185 e. The average molecular weight is 359 g/mol. The van der Waals surface area contributed by atoms with Gasteiger partial charge in [-0.25, -0.2) is 0 Å². The third kappa shape index (κ3) is 3.96. The number of benzene rings is 2. The summed E-state index contributed by atoms with van der Waals surface area (Å²) in [6.07, 6.45) is 10.1. The minimum absolute atomic E-state index is 0.0806. The molecule has 1 aliphatic carbocycles. The van der Waals surface area contributed by atoms with Gasteiger partial charge in [0.1, 0.15) is 5.70 Å². The lowest BCUT2D eigenvalue weighted by atomic mass is 10.0. The summed E-state index contributed by atoms with van der Waals surface area (Å²) in [6, 6.07) is 16.5. The van der Waals surface area contributed by atoms with Gasteiger partial charge in [0.2, 0.25) is 0 Å². The molecule has 2 aromatic carbocycles. The van der Waals surface area contributed by atoms with Crippen LogP contribution in [0.2, 0.25) is 0 Å². The molecular formula is C25H28NO+. The van der Waals surface area contributed by atoms with Crippen LogP contribution in [0.15, 0.2) is 66.4 Å². The highest BCUT2D eigenvalue weighted by Gasteiger charge is 2.28. The van der Waals surface area contributed by atoms with E-state index in [1.807, 2.05) is 31.2 Å². The van der Waals surface area contributed by atoms with Crippen molar-refractivity contribution in [1.82, 2.24) is 0 Å². The SMILES string of the molecule is Cc1ccc(C(=O)/C=C/C2=C([NH+]3CCCCCC3)Cc3ccccc32)cc1.